The predicted octanol–water partition coefficient (Wildman–Crippen LogP) is 5.10. The normalized spacial score (nSPS) is 11.7. The van der Waals surface area contributed by atoms with Crippen LogP contribution < -0.4 is 0 Å². The van der Waals surface area contributed by atoms with E-state index in [0.29, 0.717) is 0 Å². The van der Waals surface area contributed by atoms with Gasteiger partial charge in [-0.15, -0.1) is 0 Å². The van der Waals surface area contributed by atoms with Crippen molar-refractivity contribution in [3.8, 4) is 0 Å². The molecule has 1 aromatic carbocycles. The highest BCUT2D eigenvalue weighted by atomic mass is 32.2. The molecule has 0 saturated heterocycles. The van der Waals surface area contributed by atoms with Gasteiger partial charge in [0.15, 0.2) is 0 Å². The summed E-state index contributed by atoms with van der Waals surface area (Å²) in [5.74, 6) is 0. The molecule has 0 heterocycles. The Morgan fingerprint density at radius 2 is 1.41 bits per heavy atom. The lowest BCUT2D eigenvalue weighted by atomic mass is 10.1. The Morgan fingerprint density at radius 1 is 0.818 bits per heavy atom. The molecule has 0 saturated carbocycles. The van der Waals surface area contributed by atoms with Gasteiger partial charge in [-0.25, -0.2) is 0 Å². The monoisotopic (exact) mass is 326 g/mol. The molecule has 1 aromatic rings. The van der Waals surface area contributed by atoms with E-state index in [2.05, 4.69) is 13.8 Å². The van der Waals surface area contributed by atoms with Gasteiger partial charge in [0.1, 0.15) is 0 Å². The minimum atomic E-state index is -3.59. The molecule has 0 aliphatic heterocycles. The molecule has 0 N–H and O–H groups in total. The topological polar surface area (TPSA) is 43.4 Å². The number of aryl methyl sites for hydroxylation is 1. The van der Waals surface area contributed by atoms with Gasteiger partial charge < -0.3 is 0 Å². The molecule has 1 rings (SSSR count). The summed E-state index contributed by atoms with van der Waals surface area (Å²) in [6.07, 6.45) is 9.96. The van der Waals surface area contributed by atoms with Crippen LogP contribution in [0.4, 0.5) is 0 Å². The summed E-state index contributed by atoms with van der Waals surface area (Å²) in [4.78, 5) is 0.264. The summed E-state index contributed by atoms with van der Waals surface area (Å²) >= 11 is 0. The van der Waals surface area contributed by atoms with E-state index in [9.17, 15) is 8.42 Å². The summed E-state index contributed by atoms with van der Waals surface area (Å²) in [5, 5.41) is 0. The molecule has 0 atom stereocenters. The van der Waals surface area contributed by atoms with Crippen LogP contribution in [0.5, 0.6) is 0 Å². The van der Waals surface area contributed by atoms with E-state index in [1.807, 2.05) is 12.1 Å². The van der Waals surface area contributed by atoms with E-state index in [0.717, 1.165) is 38.5 Å². The van der Waals surface area contributed by atoms with E-state index in [1.54, 1.807) is 12.1 Å². The van der Waals surface area contributed by atoms with E-state index < -0.39 is 10.1 Å². The van der Waals surface area contributed by atoms with Crippen LogP contribution in [0.3, 0.4) is 0 Å². The van der Waals surface area contributed by atoms with Gasteiger partial charge in [-0.2, -0.15) is 8.42 Å². The molecule has 0 spiro atoms. The van der Waals surface area contributed by atoms with Crippen LogP contribution in [0, 0.1) is 0 Å². The Balaban J connectivity index is 2.43. The Bertz CT molecular complexity index is 492. The van der Waals surface area contributed by atoms with Gasteiger partial charge in [0.25, 0.3) is 10.1 Å². The summed E-state index contributed by atoms with van der Waals surface area (Å²) in [5.41, 5.74) is 1.19. The number of hydrogen-bond acceptors (Lipinski definition) is 3. The molecule has 0 bridgehead atoms. The first kappa shape index (κ1) is 19.2. The highest BCUT2D eigenvalue weighted by molar-refractivity contribution is 7.86. The zero-order valence-corrected chi connectivity index (χ0v) is 14.8. The minimum absolute atomic E-state index is 0.264. The van der Waals surface area contributed by atoms with Crippen LogP contribution >= 0.6 is 0 Å². The first-order valence-corrected chi connectivity index (χ1v) is 9.99. The Kier molecular flexibility index (Phi) is 9.41. The second kappa shape index (κ2) is 10.8. The largest absolute Gasteiger partial charge is 0.296 e. The molecule has 126 valence electrons. The third kappa shape index (κ3) is 7.41. The highest BCUT2D eigenvalue weighted by Gasteiger charge is 2.14. The number of benzene rings is 1. The third-order valence-corrected chi connectivity index (χ3v) is 5.09. The van der Waals surface area contributed by atoms with Crippen molar-refractivity contribution in [1.29, 1.82) is 0 Å². The fourth-order valence-electron chi connectivity index (χ4n) is 2.34. The Morgan fingerprint density at radius 3 is 2.00 bits per heavy atom. The SMILES string of the molecule is CCCCCCOS(=O)(=O)c1ccc(CCCCCC)cc1. The van der Waals surface area contributed by atoms with Crippen LogP contribution in [0.2, 0.25) is 0 Å². The van der Waals surface area contributed by atoms with E-state index in [-0.39, 0.29) is 11.5 Å². The Hall–Kier alpha value is -0.870. The minimum Gasteiger partial charge on any atom is -0.266 e. The van der Waals surface area contributed by atoms with Crippen LogP contribution in [0.25, 0.3) is 0 Å². The molecule has 3 nitrogen and oxygen atoms in total. The summed E-state index contributed by atoms with van der Waals surface area (Å²) in [6.45, 7) is 4.60. The second-order valence-electron chi connectivity index (χ2n) is 5.79. The highest BCUT2D eigenvalue weighted by Crippen LogP contribution is 2.16. The standard InChI is InChI=1S/C18H30O3S/c1-3-5-7-9-11-17-12-14-18(15-13-17)22(19,20)21-16-10-8-6-4-2/h12-15H,3-11,16H2,1-2H3. The molecular formula is C18H30O3S. The van der Waals surface area contributed by atoms with Crippen molar-refractivity contribution < 1.29 is 12.6 Å². The zero-order valence-electron chi connectivity index (χ0n) is 14.0. The van der Waals surface area contributed by atoms with Crippen LogP contribution in [0.1, 0.15) is 70.8 Å². The molecule has 0 amide bonds. The number of hydrogen-bond donors (Lipinski definition) is 0. The molecule has 0 aromatic heterocycles. The summed E-state index contributed by atoms with van der Waals surface area (Å²) in [6, 6.07) is 7.13. The average Bonchev–Trinajstić information content (AvgIpc) is 2.52. The zero-order chi connectivity index (χ0) is 16.3. The van der Waals surface area contributed by atoms with Crippen molar-refractivity contribution >= 4 is 10.1 Å². The fraction of sp³-hybridized carbons (Fsp3) is 0.667. The first-order valence-electron chi connectivity index (χ1n) is 8.58. The van der Waals surface area contributed by atoms with Crippen LogP contribution in [-0.4, -0.2) is 15.0 Å². The molecular weight excluding hydrogens is 296 g/mol. The van der Waals surface area contributed by atoms with Crippen LogP contribution in [0.15, 0.2) is 29.2 Å². The van der Waals surface area contributed by atoms with Crippen molar-refractivity contribution in [2.45, 2.75) is 76.5 Å². The summed E-state index contributed by atoms with van der Waals surface area (Å²) < 4.78 is 29.2. The van der Waals surface area contributed by atoms with Crippen LogP contribution in [-0.2, 0) is 20.7 Å². The fourth-order valence-corrected chi connectivity index (χ4v) is 3.29. The van der Waals surface area contributed by atoms with Gasteiger partial charge in [0.05, 0.1) is 11.5 Å². The average molecular weight is 327 g/mol. The second-order valence-corrected chi connectivity index (χ2v) is 7.41. The summed E-state index contributed by atoms with van der Waals surface area (Å²) in [7, 11) is -3.59. The first-order chi connectivity index (χ1) is 10.6. The predicted molar refractivity (Wildman–Crippen MR) is 91.6 cm³/mol. The quantitative estimate of drug-likeness (QED) is 0.397. The third-order valence-electron chi connectivity index (χ3n) is 3.77. The lowest BCUT2D eigenvalue weighted by Crippen LogP contribution is -2.07. The van der Waals surface area contributed by atoms with Gasteiger partial charge in [0.2, 0.25) is 0 Å². The van der Waals surface area contributed by atoms with Gasteiger partial charge in [0, 0.05) is 0 Å². The van der Waals surface area contributed by atoms with Crippen molar-refractivity contribution in [3.05, 3.63) is 29.8 Å². The molecule has 0 aliphatic rings. The smallest absolute Gasteiger partial charge is 0.266 e. The van der Waals surface area contributed by atoms with E-state index >= 15 is 0 Å². The molecule has 0 unspecified atom stereocenters. The maximum Gasteiger partial charge on any atom is 0.296 e. The van der Waals surface area contributed by atoms with E-state index in [4.69, 9.17) is 4.18 Å². The van der Waals surface area contributed by atoms with Crippen molar-refractivity contribution in [2.75, 3.05) is 6.61 Å². The maximum atomic E-state index is 12.1. The molecule has 22 heavy (non-hydrogen) atoms. The van der Waals surface area contributed by atoms with Crippen molar-refractivity contribution in [2.24, 2.45) is 0 Å². The van der Waals surface area contributed by atoms with Gasteiger partial charge in [-0.05, 0) is 37.0 Å². The van der Waals surface area contributed by atoms with Gasteiger partial charge in [-0.3, -0.25) is 4.18 Å². The van der Waals surface area contributed by atoms with Crippen molar-refractivity contribution in [3.63, 3.8) is 0 Å². The van der Waals surface area contributed by atoms with Gasteiger partial charge in [-0.1, -0.05) is 64.5 Å². The maximum absolute atomic E-state index is 12.1. The number of rotatable bonds is 12. The van der Waals surface area contributed by atoms with Crippen molar-refractivity contribution in [1.82, 2.24) is 0 Å². The Labute approximate surface area is 136 Å². The van der Waals surface area contributed by atoms with Gasteiger partial charge >= 0.3 is 0 Å². The van der Waals surface area contributed by atoms with E-state index in [1.165, 1.54) is 24.8 Å². The lowest BCUT2D eigenvalue weighted by Gasteiger charge is -2.07. The molecule has 0 fully saturated rings. The number of unbranched alkanes of at least 4 members (excludes halogenated alkanes) is 6. The molecule has 0 aliphatic carbocycles. The molecule has 4 heteroatoms. The molecule has 0 radical (unpaired) electrons. The lowest BCUT2D eigenvalue weighted by molar-refractivity contribution is 0.307.